The molecule has 0 saturated carbocycles. The van der Waals surface area contributed by atoms with Crippen LogP contribution in [0.1, 0.15) is 25.0 Å². The maximum absolute atomic E-state index is 9.57. The van der Waals surface area contributed by atoms with E-state index in [1.807, 2.05) is 123 Å². The number of nitrogens with zero attached hydrogens (tertiary/aromatic N) is 10. The van der Waals surface area contributed by atoms with Gasteiger partial charge in [0.1, 0.15) is 12.1 Å². The van der Waals surface area contributed by atoms with E-state index in [1.165, 1.54) is 6.07 Å². The van der Waals surface area contributed by atoms with Crippen LogP contribution in [-0.2, 0) is 26.4 Å². The molecular weight excluding hydrogens is 811 g/mol. The minimum Gasteiger partial charge on any atom is -0.691 e. The van der Waals surface area contributed by atoms with Crippen molar-refractivity contribution >= 4 is 56.2 Å². The molecule has 5 aromatic carbocycles. The Bertz CT molecular complexity index is 2750. The summed E-state index contributed by atoms with van der Waals surface area (Å²) in [7, 11) is 0. The molecule has 0 atom stereocenters. The van der Waals surface area contributed by atoms with Crippen LogP contribution in [0.15, 0.2) is 120 Å². The Morgan fingerprint density at radius 1 is 0.517 bits per heavy atom. The average Bonchev–Trinajstić information content (AvgIpc) is 3.99. The van der Waals surface area contributed by atoms with Gasteiger partial charge in [-0.1, -0.05) is 117 Å². The van der Waals surface area contributed by atoms with Crippen LogP contribution in [0.25, 0.3) is 89.7 Å². The number of benzene rings is 5. The van der Waals surface area contributed by atoms with Crippen molar-refractivity contribution in [3.05, 3.63) is 126 Å². The Morgan fingerprint density at radius 2 is 0.879 bits per heavy atom. The van der Waals surface area contributed by atoms with Crippen LogP contribution >= 0.6 is 12.0 Å². The van der Waals surface area contributed by atoms with Crippen molar-refractivity contribution in [3.8, 4) is 57.7 Å². The molecule has 8 bridgehead atoms. The minimum atomic E-state index is 0. The van der Waals surface area contributed by atoms with E-state index in [0.717, 1.165) is 43.8 Å². The van der Waals surface area contributed by atoms with E-state index in [-0.39, 0.29) is 57.8 Å². The first kappa shape index (κ1) is 41.8. The van der Waals surface area contributed by atoms with Crippen LogP contribution in [0.4, 0.5) is 0 Å². The Morgan fingerprint density at radius 3 is 1.21 bits per heavy atom. The van der Waals surface area contributed by atoms with Crippen LogP contribution < -0.4 is 44.8 Å². The second kappa shape index (κ2) is 18.6. The molecule has 0 fully saturated rings. The molecule has 8 aromatic rings. The van der Waals surface area contributed by atoms with Crippen LogP contribution in [-0.4, -0.2) is 29.9 Å². The van der Waals surface area contributed by atoms with Gasteiger partial charge >= 0.3 is 46.6 Å². The van der Waals surface area contributed by atoms with Gasteiger partial charge in [-0.25, -0.2) is 9.97 Å². The molecule has 0 N–H and O–H groups in total. The van der Waals surface area contributed by atoms with Crippen LogP contribution in [0.5, 0.6) is 0 Å². The summed E-state index contributed by atoms with van der Waals surface area (Å²) in [6.07, 6.45) is 0. The topological polar surface area (TPSA) is 195 Å². The molecule has 0 saturated heterocycles. The Kier molecular flexibility index (Phi) is 13.4. The summed E-state index contributed by atoms with van der Waals surface area (Å²) in [6, 6.07) is 40.2. The predicted molar refractivity (Wildman–Crippen MR) is 209 cm³/mol. The van der Waals surface area contributed by atoms with E-state index >= 15 is 0 Å². The molecule has 5 heterocycles. The van der Waals surface area contributed by atoms with Crippen LogP contribution in [0.2, 0.25) is 0 Å². The van der Waals surface area contributed by atoms with Gasteiger partial charge < -0.3 is 35.2 Å². The molecule has 0 spiro atoms. The fourth-order valence-corrected chi connectivity index (χ4v) is 6.79. The van der Waals surface area contributed by atoms with E-state index in [1.54, 1.807) is 12.1 Å². The third-order valence-electron chi connectivity index (χ3n) is 8.74. The Hall–Kier alpha value is -5.81. The van der Waals surface area contributed by atoms with Gasteiger partial charge in [-0.2, -0.15) is 14.9 Å². The van der Waals surface area contributed by atoms with E-state index in [0.29, 0.717) is 62.8 Å². The first-order chi connectivity index (χ1) is 27.6. The third kappa shape index (κ3) is 7.87. The summed E-state index contributed by atoms with van der Waals surface area (Å²) in [5, 5.41) is 33.7. The zero-order valence-electron chi connectivity index (χ0n) is 30.9. The molecule has 0 amide bonds. The van der Waals surface area contributed by atoms with Gasteiger partial charge in [0.2, 0.25) is 0 Å². The molecule has 1 radical (unpaired) electrons. The van der Waals surface area contributed by atoms with Crippen molar-refractivity contribution in [1.29, 1.82) is 10.5 Å². The van der Waals surface area contributed by atoms with Gasteiger partial charge in [0.15, 0.2) is 0 Å². The zero-order chi connectivity index (χ0) is 38.6. The van der Waals surface area contributed by atoms with Gasteiger partial charge in [-0.3, -0.25) is 5.04 Å². The third-order valence-corrected chi connectivity index (χ3v) is 9.38. The SMILES string of the molecule is CC.N#Cc1cccc(SOO[O-])c1C#N.[Cu+2].[Na+].c1ccc2c(c1)-c1nc-2nc2[n-]c(nc3nc(nc4[n-]c(n1)c1ccccc41)-c1ccccc1-3)c1ccccc21. The van der Waals surface area contributed by atoms with Crippen molar-refractivity contribution in [2.24, 2.45) is 0 Å². The van der Waals surface area contributed by atoms with Crippen molar-refractivity contribution < 1.29 is 61.3 Å². The normalized spacial score (nSPS) is 10.6. The van der Waals surface area contributed by atoms with Crippen molar-refractivity contribution in [1.82, 2.24) is 39.9 Å². The minimum absolute atomic E-state index is 0. The van der Waals surface area contributed by atoms with Gasteiger partial charge in [0.25, 0.3) is 0 Å². The second-order valence-corrected chi connectivity index (χ2v) is 12.5. The first-order valence-corrected chi connectivity index (χ1v) is 18.0. The number of fused-ring (bicyclic) bond motifs is 20. The molecule has 279 valence electrons. The molecule has 0 unspecified atom stereocenters. The summed E-state index contributed by atoms with van der Waals surface area (Å²) in [6.45, 7) is 4.00. The maximum Gasteiger partial charge on any atom is 2.00 e. The monoisotopic (exact) mass is 835 g/mol. The molecule has 10 rings (SSSR count). The van der Waals surface area contributed by atoms with Gasteiger partial charge in [0.05, 0.1) is 51.4 Å². The summed E-state index contributed by atoms with van der Waals surface area (Å²) in [5.74, 6) is 2.21. The fourth-order valence-electron chi connectivity index (χ4n) is 6.32. The first-order valence-electron chi connectivity index (χ1n) is 17.3. The molecule has 2 aliphatic heterocycles. The average molecular weight is 836 g/mol. The quantitative estimate of drug-likeness (QED) is 0.102. The van der Waals surface area contributed by atoms with Crippen LogP contribution in [0, 0.1) is 22.7 Å². The second-order valence-electron chi connectivity index (χ2n) is 11.8. The van der Waals surface area contributed by atoms with E-state index < -0.39 is 0 Å². The predicted octanol–water partition coefficient (Wildman–Crippen LogP) is 4.82. The van der Waals surface area contributed by atoms with Crippen molar-refractivity contribution in [3.63, 3.8) is 0 Å². The number of hydrogen-bond donors (Lipinski definition) is 0. The fraction of sp³-hybridized carbons (Fsp3) is 0.0476. The smallest absolute Gasteiger partial charge is 0.691 e. The van der Waals surface area contributed by atoms with E-state index in [2.05, 4.69) is 9.37 Å². The van der Waals surface area contributed by atoms with Gasteiger partial charge in [0, 0.05) is 44.8 Å². The number of rotatable bonds is 3. The summed E-state index contributed by atoms with van der Waals surface area (Å²) >= 11 is 0.593. The molecule has 16 heteroatoms. The van der Waals surface area contributed by atoms with Gasteiger partial charge in [-0.15, -0.1) is 0 Å². The van der Waals surface area contributed by atoms with Crippen molar-refractivity contribution in [2.75, 3.05) is 0 Å². The summed E-state index contributed by atoms with van der Waals surface area (Å²) in [4.78, 5) is 39.6. The zero-order valence-corrected chi connectivity index (χ0v) is 34.6. The van der Waals surface area contributed by atoms with Gasteiger partial charge in [-0.05, 0) is 33.7 Å². The van der Waals surface area contributed by atoms with E-state index in [4.69, 9.17) is 50.4 Å². The molecule has 2 aliphatic rings. The van der Waals surface area contributed by atoms with Crippen molar-refractivity contribution in [2.45, 2.75) is 18.7 Å². The summed E-state index contributed by atoms with van der Waals surface area (Å²) < 4.78 is 4.06. The van der Waals surface area contributed by atoms with E-state index in [9.17, 15) is 5.26 Å². The van der Waals surface area contributed by atoms with Crippen LogP contribution in [0.3, 0.4) is 0 Å². The number of aromatic nitrogens is 8. The Labute approximate surface area is 368 Å². The largest absolute Gasteiger partial charge is 2.00 e. The Balaban J connectivity index is 0.000000270. The molecular formula is C42H25CuN10NaO3S. The maximum atomic E-state index is 9.57. The molecule has 58 heavy (non-hydrogen) atoms. The molecule has 3 aromatic heterocycles. The summed E-state index contributed by atoms with van der Waals surface area (Å²) in [5.41, 5.74) is 6.17. The number of nitriles is 2. The molecule has 0 aliphatic carbocycles. The standard InChI is InChI=1S/C32H16N8.C8H4N2O3S.C2H6.Cu.Na/c1-2-10-18-17(9-1)25-33-26(18)38-28-21-13-5-6-14-22(21)30(35-28)40-32-24-16-8-7-15-23(24)31(36-32)39-29-20-12-4-3-11-19(20)27(34-29)37-25;9-4-6-2-1-3-8(7(6)5-10)14-13-12-11;1-2;;/h1-16H;1-3,11H;1-2H3;;/q-2;;;+2;+1/p-1. The molecule has 13 nitrogen and oxygen atoms in total. The number of hydrogen-bond acceptors (Lipinski definition) is 12.